The summed E-state index contributed by atoms with van der Waals surface area (Å²) in [4.78, 5) is 22.6. The number of amides is 1. The fourth-order valence-electron chi connectivity index (χ4n) is 1.69. The van der Waals surface area contributed by atoms with Gasteiger partial charge in [-0.25, -0.2) is 0 Å². The van der Waals surface area contributed by atoms with E-state index in [0.717, 1.165) is 5.69 Å². The smallest absolute Gasteiger partial charge is 0.325 e. The minimum Gasteiger partial charge on any atom is -0.489 e. The van der Waals surface area contributed by atoms with Crippen molar-refractivity contribution in [3.05, 3.63) is 23.8 Å². The zero-order valence-electron chi connectivity index (χ0n) is 9.90. The van der Waals surface area contributed by atoms with Crippen LogP contribution in [0.3, 0.4) is 0 Å². The summed E-state index contributed by atoms with van der Waals surface area (Å²) < 4.78 is 5.45. The predicted molar refractivity (Wildman–Crippen MR) is 65.0 cm³/mol. The predicted octanol–water partition coefficient (Wildman–Crippen LogP) is 0.694. The lowest BCUT2D eigenvalue weighted by Crippen LogP contribution is -2.38. The number of hydrogen-bond acceptors (Lipinski definition) is 4. The fourth-order valence-corrected chi connectivity index (χ4v) is 1.69. The highest BCUT2D eigenvalue weighted by Crippen LogP contribution is 2.31. The number of carboxylic acids is 1. The molecular weight excluding hydrogens is 236 g/mol. The molecule has 1 amide bonds. The summed E-state index contributed by atoms with van der Waals surface area (Å²) in [7, 11) is 0. The molecule has 0 fully saturated rings. The number of anilines is 1. The van der Waals surface area contributed by atoms with Gasteiger partial charge in [0.25, 0.3) is 5.91 Å². The number of benzene rings is 1. The third-order valence-electron chi connectivity index (χ3n) is 2.64. The molecule has 1 aromatic rings. The summed E-state index contributed by atoms with van der Waals surface area (Å²) in [6.45, 7) is 2.57. The molecule has 6 nitrogen and oxygen atoms in total. The molecule has 0 spiro atoms. The lowest BCUT2D eigenvalue weighted by Gasteiger charge is -2.21. The summed E-state index contributed by atoms with van der Waals surface area (Å²) >= 11 is 0. The first-order chi connectivity index (χ1) is 8.59. The van der Waals surface area contributed by atoms with Crippen LogP contribution in [0.15, 0.2) is 18.2 Å². The molecule has 0 aliphatic carbocycles. The van der Waals surface area contributed by atoms with Crippen LogP contribution in [0.5, 0.6) is 5.75 Å². The molecule has 0 unspecified atom stereocenters. The lowest BCUT2D eigenvalue weighted by atomic mass is 10.1. The summed E-state index contributed by atoms with van der Waals surface area (Å²) in [6.07, 6.45) is 0. The van der Waals surface area contributed by atoms with Crippen molar-refractivity contribution in [2.24, 2.45) is 0 Å². The summed E-state index contributed by atoms with van der Waals surface area (Å²) in [6, 6.07) is 4.20. The normalized spacial score (nSPS) is 14.7. The molecule has 2 rings (SSSR count). The number of carboxylic acid groups (broad SMARTS) is 1. The number of rotatable bonds is 3. The van der Waals surface area contributed by atoms with Gasteiger partial charge < -0.3 is 20.5 Å². The third-order valence-corrected chi connectivity index (χ3v) is 2.64. The zero-order chi connectivity index (χ0) is 13.1. The van der Waals surface area contributed by atoms with Crippen LogP contribution in [0, 0.1) is 0 Å². The van der Waals surface area contributed by atoms with E-state index in [2.05, 4.69) is 10.6 Å². The monoisotopic (exact) mass is 250 g/mol. The highest BCUT2D eigenvalue weighted by Gasteiger charge is 2.21. The van der Waals surface area contributed by atoms with Crippen LogP contribution < -0.4 is 15.4 Å². The van der Waals surface area contributed by atoms with Gasteiger partial charge in [-0.3, -0.25) is 9.59 Å². The van der Waals surface area contributed by atoms with Crippen LogP contribution in [-0.2, 0) is 4.79 Å². The van der Waals surface area contributed by atoms with Crippen LogP contribution in [0.25, 0.3) is 0 Å². The Balaban J connectivity index is 2.23. The summed E-state index contributed by atoms with van der Waals surface area (Å²) in [5.41, 5.74) is 1.09. The Morgan fingerprint density at radius 1 is 1.50 bits per heavy atom. The molecular formula is C12H14N2O4. The number of ether oxygens (including phenoxy) is 1. The minimum absolute atomic E-state index is 0.341. The Labute approximate surface area is 104 Å². The second-order valence-electron chi connectivity index (χ2n) is 3.99. The van der Waals surface area contributed by atoms with Crippen molar-refractivity contribution in [1.29, 1.82) is 0 Å². The Morgan fingerprint density at radius 2 is 2.28 bits per heavy atom. The largest absolute Gasteiger partial charge is 0.489 e. The van der Waals surface area contributed by atoms with Gasteiger partial charge in [0.1, 0.15) is 12.6 Å². The van der Waals surface area contributed by atoms with E-state index in [4.69, 9.17) is 9.84 Å². The average molecular weight is 250 g/mol. The molecule has 1 atom stereocenters. The number of aliphatic carboxylic acids is 1. The Kier molecular flexibility index (Phi) is 3.36. The Bertz CT molecular complexity index is 487. The van der Waals surface area contributed by atoms with Crippen molar-refractivity contribution in [3.63, 3.8) is 0 Å². The molecule has 0 saturated heterocycles. The van der Waals surface area contributed by atoms with Gasteiger partial charge in [-0.2, -0.15) is 0 Å². The van der Waals surface area contributed by atoms with E-state index in [1.165, 1.54) is 6.92 Å². The van der Waals surface area contributed by atoms with E-state index in [-0.39, 0.29) is 0 Å². The highest BCUT2D eigenvalue weighted by molar-refractivity contribution is 6.00. The molecule has 3 N–H and O–H groups in total. The van der Waals surface area contributed by atoms with Gasteiger partial charge in [0.2, 0.25) is 0 Å². The van der Waals surface area contributed by atoms with Crippen LogP contribution in [0.2, 0.25) is 0 Å². The topological polar surface area (TPSA) is 87.7 Å². The molecule has 1 heterocycles. The number of nitrogens with one attached hydrogen (secondary N) is 2. The third kappa shape index (κ3) is 2.37. The maximum absolute atomic E-state index is 11.9. The van der Waals surface area contributed by atoms with Gasteiger partial charge in [-0.05, 0) is 19.1 Å². The standard InChI is InChI=1S/C12H14N2O4/c1-7(12(16)17)14-11(15)8-3-2-4-9-10(8)18-6-5-13-9/h2-4,7,13H,5-6H2,1H3,(H,14,15)(H,16,17)/t7-/m0/s1. The van der Waals surface area contributed by atoms with E-state index in [9.17, 15) is 9.59 Å². The second-order valence-corrected chi connectivity index (χ2v) is 3.99. The van der Waals surface area contributed by atoms with Crippen LogP contribution >= 0.6 is 0 Å². The second kappa shape index (κ2) is 4.95. The first kappa shape index (κ1) is 12.2. The van der Waals surface area contributed by atoms with Gasteiger partial charge in [0.05, 0.1) is 11.3 Å². The molecule has 0 saturated carbocycles. The first-order valence-corrected chi connectivity index (χ1v) is 5.63. The molecule has 0 radical (unpaired) electrons. The number of para-hydroxylation sites is 1. The van der Waals surface area contributed by atoms with E-state index in [0.29, 0.717) is 24.5 Å². The van der Waals surface area contributed by atoms with Crippen LogP contribution in [-0.4, -0.2) is 36.2 Å². The summed E-state index contributed by atoms with van der Waals surface area (Å²) in [5, 5.41) is 14.3. The van der Waals surface area contributed by atoms with Crippen molar-refractivity contribution in [2.45, 2.75) is 13.0 Å². The number of hydrogen-bond donors (Lipinski definition) is 3. The van der Waals surface area contributed by atoms with Crippen LogP contribution in [0.4, 0.5) is 5.69 Å². The van der Waals surface area contributed by atoms with Gasteiger partial charge in [0, 0.05) is 6.54 Å². The van der Waals surface area contributed by atoms with Gasteiger partial charge in [0.15, 0.2) is 5.75 Å². The first-order valence-electron chi connectivity index (χ1n) is 5.63. The fraction of sp³-hybridized carbons (Fsp3) is 0.333. The lowest BCUT2D eigenvalue weighted by molar-refractivity contribution is -0.138. The number of carbonyl (C=O) groups is 2. The maximum atomic E-state index is 11.9. The van der Waals surface area contributed by atoms with Crippen molar-refractivity contribution in [3.8, 4) is 5.75 Å². The van der Waals surface area contributed by atoms with Gasteiger partial charge >= 0.3 is 5.97 Å². The molecule has 18 heavy (non-hydrogen) atoms. The maximum Gasteiger partial charge on any atom is 0.325 e. The Morgan fingerprint density at radius 3 is 3.00 bits per heavy atom. The van der Waals surface area contributed by atoms with Crippen LogP contribution in [0.1, 0.15) is 17.3 Å². The van der Waals surface area contributed by atoms with E-state index in [1.54, 1.807) is 12.1 Å². The van der Waals surface area contributed by atoms with E-state index in [1.807, 2.05) is 6.07 Å². The van der Waals surface area contributed by atoms with Crippen molar-refractivity contribution in [1.82, 2.24) is 5.32 Å². The van der Waals surface area contributed by atoms with Gasteiger partial charge in [-0.15, -0.1) is 0 Å². The van der Waals surface area contributed by atoms with Gasteiger partial charge in [-0.1, -0.05) is 6.07 Å². The molecule has 0 bridgehead atoms. The van der Waals surface area contributed by atoms with Crippen molar-refractivity contribution < 1.29 is 19.4 Å². The highest BCUT2D eigenvalue weighted by atomic mass is 16.5. The molecule has 1 aliphatic heterocycles. The number of carbonyl (C=O) groups excluding carboxylic acids is 1. The molecule has 6 heteroatoms. The zero-order valence-corrected chi connectivity index (χ0v) is 9.90. The van der Waals surface area contributed by atoms with E-state index >= 15 is 0 Å². The molecule has 96 valence electrons. The summed E-state index contributed by atoms with van der Waals surface area (Å²) in [5.74, 6) is -1.06. The molecule has 1 aliphatic rings. The molecule has 1 aromatic carbocycles. The van der Waals surface area contributed by atoms with E-state index < -0.39 is 17.9 Å². The number of fused-ring (bicyclic) bond motifs is 1. The Hall–Kier alpha value is -2.24. The molecule has 0 aromatic heterocycles. The quantitative estimate of drug-likeness (QED) is 0.734. The average Bonchev–Trinajstić information content (AvgIpc) is 2.37. The SMILES string of the molecule is C[C@H](NC(=O)c1cccc2c1OCCN2)C(=O)O. The van der Waals surface area contributed by atoms with Crippen molar-refractivity contribution >= 4 is 17.6 Å². The van der Waals surface area contributed by atoms with Crippen molar-refractivity contribution in [2.75, 3.05) is 18.5 Å². The minimum atomic E-state index is -1.08.